The molecule has 0 aliphatic carbocycles. The second kappa shape index (κ2) is 7.21. The molecule has 1 aliphatic heterocycles. The van der Waals surface area contributed by atoms with Gasteiger partial charge in [0.25, 0.3) is 0 Å². The summed E-state index contributed by atoms with van der Waals surface area (Å²) in [6.45, 7) is 11.2. The summed E-state index contributed by atoms with van der Waals surface area (Å²) in [6.07, 6.45) is 5.83. The van der Waals surface area contributed by atoms with Gasteiger partial charge in [-0.15, -0.1) is 0 Å². The Labute approximate surface area is 148 Å². The maximum Gasteiger partial charge on any atom is 0.224 e. The van der Waals surface area contributed by atoms with Crippen LogP contribution in [0.25, 0.3) is 0 Å². The van der Waals surface area contributed by atoms with E-state index in [2.05, 4.69) is 38.3 Å². The molecule has 2 aromatic rings. The van der Waals surface area contributed by atoms with E-state index in [9.17, 15) is 4.79 Å². The summed E-state index contributed by atoms with van der Waals surface area (Å²) < 4.78 is 2.06. The Morgan fingerprint density at radius 2 is 1.84 bits per heavy atom. The first-order valence-corrected chi connectivity index (χ1v) is 8.77. The van der Waals surface area contributed by atoms with E-state index in [4.69, 9.17) is 0 Å². The summed E-state index contributed by atoms with van der Waals surface area (Å²) in [5, 5.41) is 0. The zero-order valence-electron chi connectivity index (χ0n) is 15.4. The van der Waals surface area contributed by atoms with Crippen LogP contribution >= 0.6 is 0 Å². The third kappa shape index (κ3) is 3.65. The maximum atomic E-state index is 12.6. The molecule has 1 fully saturated rings. The molecule has 25 heavy (non-hydrogen) atoms. The van der Waals surface area contributed by atoms with E-state index < -0.39 is 0 Å². The predicted octanol–water partition coefficient (Wildman–Crippen LogP) is 1.90. The Morgan fingerprint density at radius 3 is 2.48 bits per heavy atom. The van der Waals surface area contributed by atoms with Crippen molar-refractivity contribution in [2.24, 2.45) is 0 Å². The van der Waals surface area contributed by atoms with Crippen LogP contribution in [0.4, 0.5) is 5.82 Å². The number of carbonyl (C=O) groups excluding carboxylic acids is 1. The molecule has 1 aliphatic rings. The number of rotatable bonds is 4. The van der Waals surface area contributed by atoms with E-state index in [1.54, 1.807) is 12.5 Å². The molecule has 3 rings (SSSR count). The second-order valence-electron chi connectivity index (χ2n) is 6.71. The topological polar surface area (TPSA) is 67.2 Å². The van der Waals surface area contributed by atoms with E-state index in [-0.39, 0.29) is 11.9 Å². The Bertz CT molecular complexity index is 748. The molecule has 7 heteroatoms. The fraction of sp³-hybridized carbons (Fsp3) is 0.556. The second-order valence-corrected chi connectivity index (χ2v) is 6.71. The first kappa shape index (κ1) is 17.4. The molecule has 1 amide bonds. The smallest absolute Gasteiger partial charge is 0.224 e. The number of carbonyl (C=O) groups is 1. The fourth-order valence-corrected chi connectivity index (χ4v) is 3.35. The van der Waals surface area contributed by atoms with Gasteiger partial charge >= 0.3 is 0 Å². The number of hydrogen-bond acceptors (Lipinski definition) is 5. The van der Waals surface area contributed by atoms with E-state index in [1.807, 2.05) is 24.9 Å². The van der Waals surface area contributed by atoms with Crippen LogP contribution in [0, 0.1) is 20.8 Å². The van der Waals surface area contributed by atoms with Crippen molar-refractivity contribution in [2.75, 3.05) is 31.1 Å². The minimum absolute atomic E-state index is 0.125. The van der Waals surface area contributed by atoms with Gasteiger partial charge in [0.1, 0.15) is 18.0 Å². The summed E-state index contributed by atoms with van der Waals surface area (Å²) in [6, 6.07) is 0.125. The lowest BCUT2D eigenvalue weighted by molar-refractivity contribution is -0.132. The molecule has 0 N–H and O–H groups in total. The molecule has 0 spiro atoms. The molecule has 1 saturated heterocycles. The molecule has 134 valence electrons. The molecular weight excluding hydrogens is 316 g/mol. The molecule has 0 aromatic carbocycles. The van der Waals surface area contributed by atoms with E-state index >= 15 is 0 Å². The molecular formula is C18H26N6O. The highest BCUT2D eigenvalue weighted by molar-refractivity contribution is 5.77. The SMILES string of the molecule is Cc1ncnc(N2CCN(C(=O)CC(C)n3ccnc3C)CC2)c1C. The van der Waals surface area contributed by atoms with Crippen LogP contribution in [0.15, 0.2) is 18.7 Å². The van der Waals surface area contributed by atoms with Gasteiger partial charge in [0.15, 0.2) is 0 Å². The van der Waals surface area contributed by atoms with Crippen LogP contribution in [0.1, 0.15) is 36.5 Å². The molecule has 0 radical (unpaired) electrons. The Balaban J connectivity index is 1.57. The first-order valence-electron chi connectivity index (χ1n) is 8.77. The summed E-state index contributed by atoms with van der Waals surface area (Å²) in [4.78, 5) is 29.7. The lowest BCUT2D eigenvalue weighted by atomic mass is 10.1. The molecule has 0 saturated carbocycles. The highest BCUT2D eigenvalue weighted by Gasteiger charge is 2.24. The molecule has 7 nitrogen and oxygen atoms in total. The number of hydrogen-bond donors (Lipinski definition) is 0. The number of imidazole rings is 1. The van der Waals surface area contributed by atoms with Gasteiger partial charge in [-0.05, 0) is 27.7 Å². The first-order chi connectivity index (χ1) is 12.0. The Morgan fingerprint density at radius 1 is 1.12 bits per heavy atom. The zero-order valence-corrected chi connectivity index (χ0v) is 15.4. The largest absolute Gasteiger partial charge is 0.353 e. The highest BCUT2D eigenvalue weighted by atomic mass is 16.2. The molecule has 1 atom stereocenters. The molecule has 3 heterocycles. The van der Waals surface area contributed by atoms with Crippen molar-refractivity contribution < 1.29 is 4.79 Å². The van der Waals surface area contributed by atoms with Crippen molar-refractivity contribution in [3.05, 3.63) is 35.8 Å². The van der Waals surface area contributed by atoms with Gasteiger partial charge in [0, 0.05) is 62.3 Å². The number of nitrogens with zero attached hydrogens (tertiary/aromatic N) is 6. The monoisotopic (exact) mass is 342 g/mol. The fourth-order valence-electron chi connectivity index (χ4n) is 3.35. The van der Waals surface area contributed by atoms with Crippen molar-refractivity contribution in [3.63, 3.8) is 0 Å². The van der Waals surface area contributed by atoms with Crippen molar-refractivity contribution in [1.82, 2.24) is 24.4 Å². The molecule has 2 aromatic heterocycles. The number of anilines is 1. The van der Waals surface area contributed by atoms with Gasteiger partial charge in [0.05, 0.1) is 0 Å². The molecule has 1 unspecified atom stereocenters. The highest BCUT2D eigenvalue weighted by Crippen LogP contribution is 2.21. The lowest BCUT2D eigenvalue weighted by Gasteiger charge is -2.36. The summed E-state index contributed by atoms with van der Waals surface area (Å²) >= 11 is 0. The van der Waals surface area contributed by atoms with Crippen LogP contribution in [0.5, 0.6) is 0 Å². The van der Waals surface area contributed by atoms with Crippen molar-refractivity contribution in [2.45, 2.75) is 40.2 Å². The van der Waals surface area contributed by atoms with E-state index in [0.717, 1.165) is 49.1 Å². The number of aryl methyl sites for hydroxylation is 2. The van der Waals surface area contributed by atoms with Gasteiger partial charge < -0.3 is 14.4 Å². The van der Waals surface area contributed by atoms with Crippen LogP contribution in [0.2, 0.25) is 0 Å². The summed E-state index contributed by atoms with van der Waals surface area (Å²) in [5.41, 5.74) is 2.12. The van der Waals surface area contributed by atoms with Gasteiger partial charge in [-0.25, -0.2) is 15.0 Å². The third-order valence-electron chi connectivity index (χ3n) is 5.05. The summed E-state index contributed by atoms with van der Waals surface area (Å²) in [5.74, 6) is 2.14. The van der Waals surface area contributed by atoms with Crippen molar-refractivity contribution in [3.8, 4) is 0 Å². The van der Waals surface area contributed by atoms with Gasteiger partial charge in [0.2, 0.25) is 5.91 Å². The van der Waals surface area contributed by atoms with Gasteiger partial charge in [-0.3, -0.25) is 4.79 Å². The minimum Gasteiger partial charge on any atom is -0.353 e. The zero-order chi connectivity index (χ0) is 18.0. The predicted molar refractivity (Wildman–Crippen MR) is 96.6 cm³/mol. The van der Waals surface area contributed by atoms with Crippen molar-refractivity contribution >= 4 is 11.7 Å². The van der Waals surface area contributed by atoms with Crippen molar-refractivity contribution in [1.29, 1.82) is 0 Å². The number of piperazine rings is 1. The maximum absolute atomic E-state index is 12.6. The minimum atomic E-state index is 0.125. The standard InChI is InChI=1S/C18H26N6O/c1-13(24-6-5-19-16(24)4)11-17(25)22-7-9-23(10-8-22)18-14(2)15(3)20-12-21-18/h5-6,12-13H,7-11H2,1-4H3. The van der Waals surface area contributed by atoms with Crippen LogP contribution in [0.3, 0.4) is 0 Å². The summed E-state index contributed by atoms with van der Waals surface area (Å²) in [7, 11) is 0. The van der Waals surface area contributed by atoms with Gasteiger partial charge in [-0.2, -0.15) is 0 Å². The van der Waals surface area contributed by atoms with Crippen LogP contribution in [-0.4, -0.2) is 56.5 Å². The van der Waals surface area contributed by atoms with Gasteiger partial charge in [-0.1, -0.05) is 0 Å². The lowest BCUT2D eigenvalue weighted by Crippen LogP contribution is -2.49. The average Bonchev–Trinajstić information content (AvgIpc) is 3.03. The average molecular weight is 342 g/mol. The Kier molecular flexibility index (Phi) is 5.01. The van der Waals surface area contributed by atoms with E-state index in [1.165, 1.54) is 0 Å². The number of aromatic nitrogens is 4. The third-order valence-corrected chi connectivity index (χ3v) is 5.05. The number of amides is 1. The normalized spacial score (nSPS) is 16.2. The molecule has 0 bridgehead atoms. The quantitative estimate of drug-likeness (QED) is 0.849. The van der Waals surface area contributed by atoms with Crippen LogP contribution < -0.4 is 4.90 Å². The van der Waals surface area contributed by atoms with E-state index in [0.29, 0.717) is 6.42 Å². The Hall–Kier alpha value is -2.44. The van der Waals surface area contributed by atoms with Crippen LogP contribution in [-0.2, 0) is 4.79 Å².